The van der Waals surface area contributed by atoms with Crippen LogP contribution in [0.5, 0.6) is 0 Å². The third-order valence-corrected chi connectivity index (χ3v) is 2.51. The molecule has 0 aliphatic rings. The average Bonchev–Trinajstić information content (AvgIpc) is 2.45. The Labute approximate surface area is 133 Å². The van der Waals surface area contributed by atoms with Crippen LogP contribution in [0.4, 0.5) is 0 Å². The van der Waals surface area contributed by atoms with E-state index in [4.69, 9.17) is 14.6 Å². The predicted molar refractivity (Wildman–Crippen MR) is 77.5 cm³/mol. The maximum Gasteiger partial charge on any atom is 0.336 e. The Morgan fingerprint density at radius 2 is 1.48 bits per heavy atom. The molecule has 0 aliphatic carbocycles. The number of hydrogen-bond donors (Lipinski definition) is 4. The summed E-state index contributed by atoms with van der Waals surface area (Å²) in [6, 6.07) is 0. The van der Waals surface area contributed by atoms with Gasteiger partial charge in [-0.1, -0.05) is 13.2 Å². The van der Waals surface area contributed by atoms with Crippen LogP contribution < -0.4 is 5.32 Å². The van der Waals surface area contributed by atoms with Crippen molar-refractivity contribution in [2.24, 2.45) is 0 Å². The van der Waals surface area contributed by atoms with Crippen LogP contribution in [-0.4, -0.2) is 57.9 Å². The molecule has 0 aromatic carbocycles. The zero-order chi connectivity index (χ0) is 18.4. The summed E-state index contributed by atoms with van der Waals surface area (Å²) in [5.74, 6) is -5.71. The lowest BCUT2D eigenvalue weighted by molar-refractivity contribution is -0.219. The molecule has 0 spiro atoms. The van der Waals surface area contributed by atoms with Crippen molar-refractivity contribution >= 4 is 17.8 Å². The van der Waals surface area contributed by atoms with E-state index in [2.05, 4.69) is 13.2 Å². The van der Waals surface area contributed by atoms with Crippen LogP contribution in [0.15, 0.2) is 24.3 Å². The zero-order valence-electron chi connectivity index (χ0n) is 13.2. The van der Waals surface area contributed by atoms with Crippen molar-refractivity contribution in [2.45, 2.75) is 38.9 Å². The first-order valence-electron chi connectivity index (χ1n) is 6.50. The number of esters is 2. The zero-order valence-corrected chi connectivity index (χ0v) is 13.2. The summed E-state index contributed by atoms with van der Waals surface area (Å²) < 4.78 is 9.61. The molecule has 0 rings (SSSR count). The number of amides is 1. The lowest BCUT2D eigenvalue weighted by Crippen LogP contribution is -2.56. The molecule has 0 bridgehead atoms. The topological polar surface area (TPSA) is 142 Å². The summed E-state index contributed by atoms with van der Waals surface area (Å²) in [4.78, 5) is 35.4. The van der Waals surface area contributed by atoms with Gasteiger partial charge < -0.3 is 30.1 Å². The Morgan fingerprint density at radius 3 is 1.78 bits per heavy atom. The second kappa shape index (κ2) is 8.42. The molecule has 2 atom stereocenters. The summed E-state index contributed by atoms with van der Waals surface area (Å²) in [6.45, 7) is 9.40. The molecule has 0 saturated carbocycles. The van der Waals surface area contributed by atoms with Gasteiger partial charge >= 0.3 is 23.6 Å². The first-order chi connectivity index (χ1) is 10.4. The molecule has 130 valence electrons. The SMILES string of the molecule is C=C(C)C(=O)OC(C)(OC(=O)C(=C)C)C(=O)NC(O)C(O)CO. The number of ether oxygens (including phenoxy) is 2. The molecule has 23 heavy (non-hydrogen) atoms. The summed E-state index contributed by atoms with van der Waals surface area (Å²) in [5.41, 5.74) is -0.127. The number of aliphatic hydroxyl groups excluding tert-OH is 3. The summed E-state index contributed by atoms with van der Waals surface area (Å²) in [7, 11) is 0. The molecule has 0 heterocycles. The van der Waals surface area contributed by atoms with Gasteiger partial charge in [0.1, 0.15) is 6.10 Å². The fourth-order valence-electron chi connectivity index (χ4n) is 1.10. The maximum absolute atomic E-state index is 12.1. The Balaban J connectivity index is 5.35. The van der Waals surface area contributed by atoms with E-state index in [9.17, 15) is 24.6 Å². The number of carbonyl (C=O) groups excluding carboxylic acids is 3. The van der Waals surface area contributed by atoms with Crippen LogP contribution in [0.2, 0.25) is 0 Å². The molecule has 0 aromatic rings. The van der Waals surface area contributed by atoms with Crippen LogP contribution in [0.1, 0.15) is 20.8 Å². The van der Waals surface area contributed by atoms with Crippen LogP contribution >= 0.6 is 0 Å². The van der Waals surface area contributed by atoms with Gasteiger partial charge in [0.05, 0.1) is 6.61 Å². The Hall–Kier alpha value is -2.23. The highest BCUT2D eigenvalue weighted by molar-refractivity contribution is 5.95. The molecule has 0 fully saturated rings. The summed E-state index contributed by atoms with van der Waals surface area (Å²) in [5, 5.41) is 29.3. The first-order valence-corrected chi connectivity index (χ1v) is 6.50. The van der Waals surface area contributed by atoms with E-state index in [0.717, 1.165) is 6.92 Å². The van der Waals surface area contributed by atoms with Gasteiger partial charge in [-0.2, -0.15) is 0 Å². The standard InChI is InChI=1S/C14H21NO8/c1-7(2)11(19)22-14(5,23-12(20)8(3)4)13(21)15-10(18)9(17)6-16/h9-10,16-18H,1,3,6H2,2,4-5H3,(H,15,21). The van der Waals surface area contributed by atoms with Gasteiger partial charge in [0, 0.05) is 18.1 Å². The smallest absolute Gasteiger partial charge is 0.336 e. The van der Waals surface area contributed by atoms with Gasteiger partial charge in [-0.05, 0) is 13.8 Å². The van der Waals surface area contributed by atoms with Crippen molar-refractivity contribution in [3.8, 4) is 0 Å². The Morgan fingerprint density at radius 1 is 1.09 bits per heavy atom. The van der Waals surface area contributed by atoms with Crippen molar-refractivity contribution in [1.29, 1.82) is 0 Å². The second-order valence-electron chi connectivity index (χ2n) is 4.95. The number of carbonyl (C=O) groups is 3. The third kappa shape index (κ3) is 6.19. The van der Waals surface area contributed by atoms with E-state index < -0.39 is 42.6 Å². The third-order valence-electron chi connectivity index (χ3n) is 2.51. The molecule has 0 radical (unpaired) electrons. The van der Waals surface area contributed by atoms with E-state index in [1.807, 2.05) is 5.32 Å². The van der Waals surface area contributed by atoms with Gasteiger partial charge in [0.2, 0.25) is 0 Å². The fourth-order valence-corrected chi connectivity index (χ4v) is 1.10. The summed E-state index contributed by atoms with van der Waals surface area (Å²) >= 11 is 0. The van der Waals surface area contributed by atoms with Crippen molar-refractivity contribution in [2.75, 3.05) is 6.61 Å². The first kappa shape index (κ1) is 20.8. The summed E-state index contributed by atoms with van der Waals surface area (Å²) in [6.07, 6.45) is -3.56. The van der Waals surface area contributed by atoms with E-state index in [1.165, 1.54) is 13.8 Å². The molecule has 9 nitrogen and oxygen atoms in total. The molecule has 9 heteroatoms. The second-order valence-corrected chi connectivity index (χ2v) is 4.95. The van der Waals surface area contributed by atoms with Crippen LogP contribution in [-0.2, 0) is 23.9 Å². The molecule has 1 amide bonds. The van der Waals surface area contributed by atoms with Crippen molar-refractivity contribution in [1.82, 2.24) is 5.32 Å². The van der Waals surface area contributed by atoms with Gasteiger partial charge in [-0.15, -0.1) is 0 Å². The van der Waals surface area contributed by atoms with Crippen molar-refractivity contribution < 1.29 is 39.2 Å². The van der Waals surface area contributed by atoms with E-state index in [-0.39, 0.29) is 11.1 Å². The molecule has 0 aromatic heterocycles. The number of hydrogen-bond acceptors (Lipinski definition) is 8. The van der Waals surface area contributed by atoms with Gasteiger partial charge in [-0.3, -0.25) is 4.79 Å². The molecule has 0 aliphatic heterocycles. The lowest BCUT2D eigenvalue weighted by Gasteiger charge is -2.29. The molecule has 4 N–H and O–H groups in total. The fraction of sp³-hybridized carbons (Fsp3) is 0.500. The largest absolute Gasteiger partial charge is 0.410 e. The number of rotatable bonds is 8. The van der Waals surface area contributed by atoms with Crippen LogP contribution in [0, 0.1) is 0 Å². The normalized spacial score (nSPS) is 13.5. The molecular weight excluding hydrogens is 310 g/mol. The van der Waals surface area contributed by atoms with Crippen LogP contribution in [0.3, 0.4) is 0 Å². The van der Waals surface area contributed by atoms with E-state index >= 15 is 0 Å². The van der Waals surface area contributed by atoms with Gasteiger partial charge in [0.25, 0.3) is 0 Å². The average molecular weight is 331 g/mol. The monoisotopic (exact) mass is 331 g/mol. The van der Waals surface area contributed by atoms with E-state index in [0.29, 0.717) is 0 Å². The maximum atomic E-state index is 12.1. The minimum Gasteiger partial charge on any atom is -0.410 e. The predicted octanol–water partition coefficient (Wildman–Crippen LogP) is -1.27. The minimum absolute atomic E-state index is 0.0636. The highest BCUT2D eigenvalue weighted by atomic mass is 16.7. The Kier molecular flexibility index (Phi) is 7.60. The highest BCUT2D eigenvalue weighted by Gasteiger charge is 2.43. The Bertz CT molecular complexity index is 485. The highest BCUT2D eigenvalue weighted by Crippen LogP contribution is 2.18. The number of aliphatic hydroxyl groups is 3. The molecule has 0 saturated heterocycles. The van der Waals surface area contributed by atoms with Crippen molar-refractivity contribution in [3.05, 3.63) is 24.3 Å². The van der Waals surface area contributed by atoms with Gasteiger partial charge in [0.15, 0.2) is 6.23 Å². The molecular formula is C14H21NO8. The van der Waals surface area contributed by atoms with Crippen LogP contribution in [0.25, 0.3) is 0 Å². The van der Waals surface area contributed by atoms with Gasteiger partial charge in [-0.25, -0.2) is 9.59 Å². The lowest BCUT2D eigenvalue weighted by atomic mass is 10.2. The quantitative estimate of drug-likeness (QED) is 0.245. The molecule has 2 unspecified atom stereocenters. The van der Waals surface area contributed by atoms with E-state index in [1.54, 1.807) is 0 Å². The van der Waals surface area contributed by atoms with Crippen molar-refractivity contribution in [3.63, 3.8) is 0 Å². The minimum atomic E-state index is -2.44. The number of nitrogens with one attached hydrogen (secondary N) is 1.